The first-order valence-electron chi connectivity index (χ1n) is 6.67. The van der Waals surface area contributed by atoms with Crippen molar-refractivity contribution < 1.29 is 9.53 Å². The Morgan fingerprint density at radius 2 is 2.06 bits per heavy atom. The molecule has 0 N–H and O–H groups in total. The minimum Gasteiger partial charge on any atom is -0.376 e. The second-order valence-electron chi connectivity index (χ2n) is 6.43. The topological polar surface area (TPSA) is 29.5 Å². The third-order valence-electron chi connectivity index (χ3n) is 3.15. The number of hydrogen-bond donors (Lipinski definition) is 0. The van der Waals surface area contributed by atoms with Gasteiger partial charge in [-0.2, -0.15) is 0 Å². The van der Waals surface area contributed by atoms with E-state index in [1.165, 1.54) is 0 Å². The first kappa shape index (κ1) is 14.7. The normalized spacial score (nSPS) is 22.4. The van der Waals surface area contributed by atoms with Crippen LogP contribution in [0.15, 0.2) is 0 Å². The summed E-state index contributed by atoms with van der Waals surface area (Å²) in [6, 6.07) is 0. The van der Waals surface area contributed by atoms with Crippen molar-refractivity contribution in [2.45, 2.75) is 46.6 Å². The lowest BCUT2D eigenvalue weighted by Crippen LogP contribution is -2.31. The Hall–Kier alpha value is -0.410. The van der Waals surface area contributed by atoms with Crippen molar-refractivity contribution in [3.05, 3.63) is 0 Å². The molecular weight excluding hydrogens is 214 g/mol. The predicted molar refractivity (Wildman–Crippen MR) is 70.1 cm³/mol. The van der Waals surface area contributed by atoms with Gasteiger partial charge in [0.05, 0.1) is 18.8 Å². The molecule has 1 atom stereocenters. The maximum absolute atomic E-state index is 11.6. The van der Waals surface area contributed by atoms with Crippen LogP contribution in [0.5, 0.6) is 0 Å². The lowest BCUT2D eigenvalue weighted by Gasteiger charge is -2.22. The number of carbonyl (C=O) groups excluding carboxylic acids is 1. The van der Waals surface area contributed by atoms with Crippen molar-refractivity contribution in [3.63, 3.8) is 0 Å². The molecule has 1 unspecified atom stereocenters. The fourth-order valence-electron chi connectivity index (χ4n) is 1.96. The lowest BCUT2D eigenvalue weighted by atomic mass is 10.1. The molecule has 1 saturated heterocycles. The van der Waals surface area contributed by atoms with Crippen molar-refractivity contribution in [3.8, 4) is 0 Å². The minimum atomic E-state index is -0.0544. The summed E-state index contributed by atoms with van der Waals surface area (Å²) < 4.78 is 5.80. The number of nitrogens with zero attached hydrogens (tertiary/aromatic N) is 1. The van der Waals surface area contributed by atoms with Crippen LogP contribution in [0.4, 0.5) is 0 Å². The molecule has 0 spiro atoms. The van der Waals surface area contributed by atoms with Crippen LogP contribution in [-0.4, -0.2) is 42.5 Å². The second-order valence-corrected chi connectivity index (χ2v) is 6.43. The van der Waals surface area contributed by atoms with Gasteiger partial charge < -0.3 is 4.74 Å². The molecule has 1 aliphatic heterocycles. The maximum Gasteiger partial charge on any atom is 0.149 e. The SMILES string of the molecule is CC(C)C(=O)CN1CCC(COC(C)(C)C)C1. The monoisotopic (exact) mass is 241 g/mol. The van der Waals surface area contributed by atoms with Crippen molar-refractivity contribution in [1.29, 1.82) is 0 Å². The Labute approximate surface area is 106 Å². The summed E-state index contributed by atoms with van der Waals surface area (Å²) in [5, 5.41) is 0. The Kier molecular flexibility index (Phi) is 5.14. The third-order valence-corrected chi connectivity index (χ3v) is 3.15. The highest BCUT2D eigenvalue weighted by Gasteiger charge is 2.26. The van der Waals surface area contributed by atoms with E-state index in [0.717, 1.165) is 26.1 Å². The quantitative estimate of drug-likeness (QED) is 0.740. The van der Waals surface area contributed by atoms with Gasteiger partial charge in [0.15, 0.2) is 0 Å². The highest BCUT2D eigenvalue weighted by atomic mass is 16.5. The van der Waals surface area contributed by atoms with E-state index in [4.69, 9.17) is 4.74 Å². The summed E-state index contributed by atoms with van der Waals surface area (Å²) in [6.07, 6.45) is 1.15. The van der Waals surface area contributed by atoms with E-state index in [1.54, 1.807) is 0 Å². The summed E-state index contributed by atoms with van der Waals surface area (Å²) >= 11 is 0. The van der Waals surface area contributed by atoms with Crippen molar-refractivity contribution >= 4 is 5.78 Å². The average molecular weight is 241 g/mol. The molecule has 0 aromatic rings. The molecule has 0 radical (unpaired) electrons. The third kappa shape index (κ3) is 5.64. The fraction of sp³-hybridized carbons (Fsp3) is 0.929. The van der Waals surface area contributed by atoms with Crippen molar-refractivity contribution in [1.82, 2.24) is 4.90 Å². The highest BCUT2D eigenvalue weighted by Crippen LogP contribution is 2.19. The molecule has 0 aromatic carbocycles. The van der Waals surface area contributed by atoms with Crippen molar-refractivity contribution in [2.24, 2.45) is 11.8 Å². The zero-order valence-corrected chi connectivity index (χ0v) is 12.0. The summed E-state index contributed by atoms with van der Waals surface area (Å²) in [6.45, 7) is 13.7. The van der Waals surface area contributed by atoms with E-state index in [-0.39, 0.29) is 11.5 Å². The van der Waals surface area contributed by atoms with E-state index in [1.807, 2.05) is 13.8 Å². The molecular formula is C14H27NO2. The molecule has 17 heavy (non-hydrogen) atoms. The number of ketones is 1. The zero-order valence-electron chi connectivity index (χ0n) is 12.0. The van der Waals surface area contributed by atoms with Gasteiger partial charge in [0.25, 0.3) is 0 Å². The van der Waals surface area contributed by atoms with Gasteiger partial charge in [-0.3, -0.25) is 9.69 Å². The predicted octanol–water partition coefficient (Wildman–Crippen LogP) is 2.35. The van der Waals surface area contributed by atoms with Gasteiger partial charge in [0.1, 0.15) is 5.78 Å². The number of hydrogen-bond acceptors (Lipinski definition) is 3. The summed E-state index contributed by atoms with van der Waals surface area (Å²) in [7, 11) is 0. The number of ether oxygens (including phenoxy) is 1. The number of Topliss-reactive ketones (excluding diaryl/α,β-unsaturated/α-hetero) is 1. The van der Waals surface area contributed by atoms with E-state index < -0.39 is 0 Å². The molecule has 1 aliphatic rings. The average Bonchev–Trinajstić information content (AvgIpc) is 2.61. The van der Waals surface area contributed by atoms with Crippen LogP contribution in [0.3, 0.4) is 0 Å². The van der Waals surface area contributed by atoms with Gasteiger partial charge in [0.2, 0.25) is 0 Å². The summed E-state index contributed by atoms with van der Waals surface area (Å²) in [5.41, 5.74) is -0.0544. The lowest BCUT2D eigenvalue weighted by molar-refractivity contribution is -0.122. The maximum atomic E-state index is 11.6. The summed E-state index contributed by atoms with van der Waals surface area (Å²) in [4.78, 5) is 13.9. The smallest absolute Gasteiger partial charge is 0.149 e. The van der Waals surface area contributed by atoms with Crippen LogP contribution in [-0.2, 0) is 9.53 Å². The minimum absolute atomic E-state index is 0.0544. The van der Waals surface area contributed by atoms with E-state index in [9.17, 15) is 4.79 Å². The zero-order chi connectivity index (χ0) is 13.1. The Morgan fingerprint density at radius 1 is 1.41 bits per heavy atom. The number of rotatable bonds is 5. The van der Waals surface area contributed by atoms with Gasteiger partial charge in [-0.1, -0.05) is 13.8 Å². The Bertz CT molecular complexity index is 255. The molecule has 3 nitrogen and oxygen atoms in total. The van der Waals surface area contributed by atoms with Gasteiger partial charge in [-0.25, -0.2) is 0 Å². The Morgan fingerprint density at radius 3 is 2.59 bits per heavy atom. The molecule has 3 heteroatoms. The summed E-state index contributed by atoms with van der Waals surface area (Å²) in [5.74, 6) is 1.09. The molecule has 0 amide bonds. The molecule has 1 fully saturated rings. The standard InChI is InChI=1S/C14H27NO2/c1-11(2)13(16)9-15-7-6-12(8-15)10-17-14(3,4)5/h11-12H,6-10H2,1-5H3. The van der Waals surface area contributed by atoms with Crippen LogP contribution >= 0.6 is 0 Å². The molecule has 1 heterocycles. The largest absolute Gasteiger partial charge is 0.376 e. The van der Waals surface area contributed by atoms with Gasteiger partial charge >= 0.3 is 0 Å². The van der Waals surface area contributed by atoms with Crippen LogP contribution in [0.1, 0.15) is 41.0 Å². The highest BCUT2D eigenvalue weighted by molar-refractivity contribution is 5.82. The number of likely N-dealkylation sites (tertiary alicyclic amines) is 1. The second kappa shape index (κ2) is 5.96. The molecule has 100 valence electrons. The molecule has 0 aromatic heterocycles. The van der Waals surface area contributed by atoms with Gasteiger partial charge in [0, 0.05) is 12.5 Å². The molecule has 0 aliphatic carbocycles. The van der Waals surface area contributed by atoms with Crippen LogP contribution in [0, 0.1) is 11.8 Å². The van der Waals surface area contributed by atoms with Crippen LogP contribution < -0.4 is 0 Å². The number of carbonyl (C=O) groups is 1. The van der Waals surface area contributed by atoms with E-state index >= 15 is 0 Å². The van der Waals surface area contributed by atoms with Crippen LogP contribution in [0.25, 0.3) is 0 Å². The van der Waals surface area contributed by atoms with Crippen molar-refractivity contribution in [2.75, 3.05) is 26.2 Å². The van der Waals surface area contributed by atoms with E-state index in [2.05, 4.69) is 25.7 Å². The van der Waals surface area contributed by atoms with Gasteiger partial charge in [-0.05, 0) is 39.7 Å². The molecule has 0 bridgehead atoms. The van der Waals surface area contributed by atoms with Gasteiger partial charge in [-0.15, -0.1) is 0 Å². The molecule has 0 saturated carbocycles. The molecule has 1 rings (SSSR count). The first-order valence-corrected chi connectivity index (χ1v) is 6.67. The Balaban J connectivity index is 2.26. The fourth-order valence-corrected chi connectivity index (χ4v) is 1.96. The van der Waals surface area contributed by atoms with Crippen LogP contribution in [0.2, 0.25) is 0 Å². The van der Waals surface area contributed by atoms with E-state index in [0.29, 0.717) is 18.2 Å². The first-order chi connectivity index (χ1) is 7.78.